The third kappa shape index (κ3) is 33.0. The first-order valence-corrected chi connectivity index (χ1v) is 53.0. The molecule has 10 N–H and O–H groups in total. The molecule has 3 unspecified atom stereocenters. The van der Waals surface area contributed by atoms with Crippen molar-refractivity contribution in [2.24, 2.45) is 22.2 Å². The number of anilines is 3. The van der Waals surface area contributed by atoms with Crippen molar-refractivity contribution in [3.05, 3.63) is 142 Å². The number of carbonyl (C=O) groups excluding carboxylic acids is 7. The number of hydrogen-bond acceptors (Lipinski definition) is 36. The van der Waals surface area contributed by atoms with Gasteiger partial charge in [-0.25, -0.2) is 29.0 Å². The van der Waals surface area contributed by atoms with Crippen molar-refractivity contribution in [3.8, 4) is 11.1 Å². The number of amides is 7. The van der Waals surface area contributed by atoms with Gasteiger partial charge in [-0.05, 0) is 159 Å². The van der Waals surface area contributed by atoms with Crippen molar-refractivity contribution in [1.29, 1.82) is 0 Å². The van der Waals surface area contributed by atoms with Gasteiger partial charge in [0.1, 0.15) is 48.9 Å². The molecule has 4 aromatic heterocycles. The normalized spacial score (nSPS) is 21.5. The number of ether oxygens (including phenoxy) is 15. The second-order valence-electron chi connectivity index (χ2n) is 39.4. The summed E-state index contributed by atoms with van der Waals surface area (Å²) in [7, 11) is -3.05. The van der Waals surface area contributed by atoms with Gasteiger partial charge >= 0.3 is 18.0 Å². The minimum Gasteiger partial charge on any atom is -0.479 e. The van der Waals surface area contributed by atoms with Gasteiger partial charge in [-0.15, -0.1) is 5.10 Å². The minimum atomic E-state index is -4.68. The molecule has 4 saturated carbocycles. The summed E-state index contributed by atoms with van der Waals surface area (Å²) < 4.78 is 124. The molecule has 46 nitrogen and oxygen atoms in total. The Morgan fingerprint density at radius 1 is 0.633 bits per heavy atom. The molecule has 48 heteroatoms. The SMILES string of the molecule is COCCOCCOCCOCCOCCOCCOCCOCCOCCOCCOCCOCCn1cc(CC(C(=O)N[C@H](C(=O)N[C@@H](C)C(=O)Nc2ccc(COC(=O)N(CCOC34CC5(C)CC(C)(CC(Cn6ncc(-c7ccc(N8CCc9cccc(C(=O)Nc%10nc%11ccccc%11s%10)c9C8)nc7C(=O)O)c6C)(C5)C3)C4)CCS(=O)(=O)O)c(CC[C@@H]3O[C@H](C(=O)O)[C@H](O)[C@@H](O)[C@H]3O)c2)C(C)C)N2C(=O)C=CC2=O)nn1. The molecule has 3 aromatic carbocycles. The average Bonchev–Trinajstić information content (AvgIpc) is 0.733. The highest BCUT2D eigenvalue weighted by Crippen LogP contribution is 2.72. The number of methoxy groups -OCH3 is 1. The highest BCUT2D eigenvalue weighted by molar-refractivity contribution is 7.85. The predicted octanol–water partition coefficient (Wildman–Crippen LogP) is 5.45. The number of rotatable bonds is 66. The van der Waals surface area contributed by atoms with E-state index in [9.17, 15) is 81.7 Å². The third-order valence-electron chi connectivity index (χ3n) is 27.2. The molecule has 1 saturated heterocycles. The second-order valence-corrected chi connectivity index (χ2v) is 42.1. The highest BCUT2D eigenvalue weighted by Gasteiger charge is 2.66. The van der Waals surface area contributed by atoms with E-state index in [0.29, 0.717) is 211 Å². The van der Waals surface area contributed by atoms with E-state index in [0.717, 1.165) is 68.3 Å². The summed E-state index contributed by atoms with van der Waals surface area (Å²) in [4.78, 5) is 137. The lowest BCUT2D eigenvalue weighted by Crippen LogP contribution is -2.64. The summed E-state index contributed by atoms with van der Waals surface area (Å²) in [5, 5.41) is 78.0. The van der Waals surface area contributed by atoms with Gasteiger partial charge in [0.25, 0.3) is 27.8 Å². The number of aromatic nitrogens is 7. The van der Waals surface area contributed by atoms with Crippen molar-refractivity contribution in [1.82, 2.24) is 55.2 Å². The zero-order chi connectivity index (χ0) is 107. The number of benzene rings is 3. The molecule has 7 aromatic rings. The Morgan fingerprint density at radius 2 is 1.23 bits per heavy atom. The van der Waals surface area contributed by atoms with Crippen LogP contribution in [0.4, 0.5) is 21.4 Å². The third-order valence-corrected chi connectivity index (χ3v) is 28.8. The van der Waals surface area contributed by atoms with Crippen LogP contribution in [0.15, 0.2) is 97.3 Å². The Hall–Kier alpha value is -10.9. The number of para-hydroxylation sites is 1. The number of carbonyl (C=O) groups is 9. The molecule has 0 spiro atoms. The number of nitrogens with one attached hydrogen (secondary N) is 4. The van der Waals surface area contributed by atoms with E-state index in [1.54, 1.807) is 45.4 Å². The van der Waals surface area contributed by atoms with Gasteiger partial charge in [-0.2, -0.15) is 13.5 Å². The summed E-state index contributed by atoms with van der Waals surface area (Å²) in [6.07, 6.45) is -0.548. The second kappa shape index (κ2) is 55.6. The van der Waals surface area contributed by atoms with Gasteiger partial charge in [0, 0.05) is 92.7 Å². The quantitative estimate of drug-likeness (QED) is 0.0129. The van der Waals surface area contributed by atoms with Crippen molar-refractivity contribution >= 4 is 102 Å². The Morgan fingerprint density at radius 3 is 1.81 bits per heavy atom. The highest BCUT2D eigenvalue weighted by atomic mass is 32.2. The van der Waals surface area contributed by atoms with Crippen LogP contribution in [0.25, 0.3) is 21.3 Å². The summed E-state index contributed by atoms with van der Waals surface area (Å²) in [6.45, 7) is 20.6. The molecule has 5 fully saturated rings. The lowest BCUT2D eigenvalue weighted by Gasteiger charge is -2.69. The molecule has 3 aliphatic heterocycles. The number of carboxylic acid groups (broad SMARTS) is 2. The number of aromatic carboxylic acids is 1. The Balaban J connectivity index is 0.559. The average molecular weight is 2140 g/mol. The lowest BCUT2D eigenvalue weighted by atomic mass is 9.39. The van der Waals surface area contributed by atoms with Crippen LogP contribution in [0.3, 0.4) is 0 Å². The molecule has 822 valence electrons. The topological polar surface area (TPSA) is 580 Å². The van der Waals surface area contributed by atoms with Gasteiger partial charge in [0.2, 0.25) is 17.7 Å². The molecule has 14 rings (SSSR count). The van der Waals surface area contributed by atoms with Crippen LogP contribution in [0.2, 0.25) is 0 Å². The number of nitrogens with zero attached hydrogens (tertiary/aromatic N) is 10. The van der Waals surface area contributed by atoms with Crippen LogP contribution in [0, 0.1) is 29.1 Å². The maximum Gasteiger partial charge on any atom is 0.410 e. The first-order chi connectivity index (χ1) is 72.0. The van der Waals surface area contributed by atoms with Crippen molar-refractivity contribution in [2.75, 3.05) is 207 Å². The number of carboxylic acids is 2. The largest absolute Gasteiger partial charge is 0.479 e. The zero-order valence-corrected chi connectivity index (χ0v) is 87.4. The summed E-state index contributed by atoms with van der Waals surface area (Å²) >= 11 is 1.38. The van der Waals surface area contributed by atoms with Crippen LogP contribution in [0.1, 0.15) is 134 Å². The molecular formula is C102H140N14O32S2. The minimum absolute atomic E-state index is 0.0970. The first kappa shape index (κ1) is 116. The number of fused-ring (bicyclic) bond motifs is 2. The fraction of sp³-hybridized carbons (Fsp3) is 0.608. The van der Waals surface area contributed by atoms with Crippen molar-refractivity contribution < 1.29 is 153 Å². The van der Waals surface area contributed by atoms with E-state index in [1.807, 2.05) is 52.9 Å². The van der Waals surface area contributed by atoms with E-state index in [2.05, 4.69) is 50.4 Å². The van der Waals surface area contributed by atoms with Crippen LogP contribution < -0.4 is 26.2 Å². The van der Waals surface area contributed by atoms with E-state index < -0.39 is 137 Å². The maximum atomic E-state index is 14.5. The monoisotopic (exact) mass is 2140 g/mol. The van der Waals surface area contributed by atoms with Gasteiger partial charge in [0.15, 0.2) is 16.9 Å². The molecule has 150 heavy (non-hydrogen) atoms. The smallest absolute Gasteiger partial charge is 0.410 e. The number of hydrogen-bond donors (Lipinski definition) is 10. The molecular weight excluding hydrogens is 2000 g/mol. The van der Waals surface area contributed by atoms with Crippen molar-refractivity contribution in [2.45, 2.75) is 186 Å². The number of aliphatic carboxylic acids is 1. The van der Waals surface area contributed by atoms with E-state index in [-0.39, 0.29) is 104 Å². The van der Waals surface area contributed by atoms with Crippen LogP contribution in [-0.2, 0) is 155 Å². The lowest BCUT2D eigenvalue weighted by molar-refractivity contribution is -0.248. The molecule has 0 radical (unpaired) electrons. The van der Waals surface area contributed by atoms with Gasteiger partial charge in [-0.1, -0.05) is 74.6 Å². The molecule has 7 amide bonds. The number of aliphatic hydroxyl groups excluding tert-OH is 3. The number of aryl methyl sites for hydroxylation is 1. The standard InChI is InChI=1S/C102H140N14O32S2/c1-66(2)85(108-93(124)79(116-83(117)21-22-84(116)118)54-73-56-114(111-110-73)26-28-135-32-33-137-36-37-139-40-41-141-44-45-143-48-49-145-51-50-144-47-46-142-43-42-140-39-38-138-35-34-136-31-30-134-7)94(125)104-67(3)91(122)105-72-17-15-71(70(53-72)16-19-80-87(119)88(120)89(121)90(148-80)96(128)129)58-146-98(130)112(27-52-150(131,132)133)25-29-147-102-62-99(5)59-100(6,63-102)61-101(60-99,64-102)65-115-68(4)76(55-103-115)74-18-20-82(107-86(74)95(126)127)113-24-23-69-11-10-12-75(77(69)57-113)92(123)109-97-106-78-13-8-9-14-81(78)149-97/h8-15,17-18,20-22,53,55-56,66-67,79-80,85,87-90,119-121H,16,19,23-52,54,57-65H2,1-7H3,(H,104,125)(H,105,122)(H,108,124)(H,126,127)(H,128,129)(H,106,109,123)(H,131,132,133)/t67-,79?,80-,85-,87-,88-,89+,90-,99?,100?,101?,102?/m0/s1. The predicted molar refractivity (Wildman–Crippen MR) is 541 cm³/mol. The van der Waals surface area contributed by atoms with Gasteiger partial charge < -0.3 is 122 Å². The number of thiazole rings is 1. The summed E-state index contributed by atoms with van der Waals surface area (Å²) in [5.41, 5.74) is 3.91. The number of aliphatic hydroxyl groups is 3. The maximum absolute atomic E-state index is 14.5. The molecule has 10 atom stereocenters. The van der Waals surface area contributed by atoms with Crippen molar-refractivity contribution in [3.63, 3.8) is 0 Å². The number of pyridine rings is 1. The van der Waals surface area contributed by atoms with E-state index in [4.69, 9.17) is 81.1 Å². The molecule has 4 bridgehead atoms. The Labute approximate surface area is 873 Å². The van der Waals surface area contributed by atoms with Crippen LogP contribution >= 0.6 is 11.3 Å². The molecule has 4 aliphatic carbocycles. The summed E-state index contributed by atoms with van der Waals surface area (Å²) in [6, 6.07) is 16.9. The van der Waals surface area contributed by atoms with Gasteiger partial charge in [-0.3, -0.25) is 48.2 Å². The first-order valence-electron chi connectivity index (χ1n) is 50.6. The fourth-order valence-electron chi connectivity index (χ4n) is 21.1. The molecule has 7 aliphatic rings. The van der Waals surface area contributed by atoms with E-state index in [1.165, 1.54) is 47.3 Å². The van der Waals surface area contributed by atoms with Crippen LogP contribution in [-0.4, -0.2) is 382 Å². The zero-order valence-electron chi connectivity index (χ0n) is 85.7. The van der Waals surface area contributed by atoms with Crippen LogP contribution in [0.5, 0.6) is 0 Å². The Kier molecular flexibility index (Phi) is 43.0. The summed E-state index contributed by atoms with van der Waals surface area (Å²) in [5.74, 6) is -8.40. The number of imide groups is 1. The van der Waals surface area contributed by atoms with E-state index >= 15 is 0 Å². The Bertz CT molecular complexity index is 5780. The molecule has 7 heterocycles. The fourth-order valence-corrected chi connectivity index (χ4v) is 22.4. The van der Waals surface area contributed by atoms with Gasteiger partial charge in [0.05, 0.1) is 205 Å².